The molecule has 0 bridgehead atoms. The van der Waals surface area contributed by atoms with E-state index in [0.29, 0.717) is 22.7 Å². The zero-order valence-electron chi connectivity index (χ0n) is 18.4. The molecule has 182 valence electrons. The molecule has 8 nitrogen and oxygen atoms in total. The van der Waals surface area contributed by atoms with Crippen LogP contribution in [-0.4, -0.2) is 34.1 Å². The van der Waals surface area contributed by atoms with Crippen LogP contribution in [0, 0.1) is 0 Å². The van der Waals surface area contributed by atoms with E-state index >= 15 is 0 Å². The van der Waals surface area contributed by atoms with Gasteiger partial charge in [0.2, 0.25) is 12.7 Å². The third-order valence-corrected chi connectivity index (χ3v) is 7.68. The number of carbonyl (C=O) groups is 2. The predicted octanol–water partition coefficient (Wildman–Crippen LogP) is 5.33. The second-order valence-electron chi connectivity index (χ2n) is 8.32. The van der Waals surface area contributed by atoms with Crippen molar-refractivity contribution in [1.29, 1.82) is 0 Å². The minimum absolute atomic E-state index is 0.0214. The molecule has 5 rings (SSSR count). The zero-order chi connectivity index (χ0) is 24.5. The number of aromatic nitrogens is 1. The van der Waals surface area contributed by atoms with Gasteiger partial charge in [-0.25, -0.2) is 0 Å². The van der Waals surface area contributed by atoms with Gasteiger partial charge in [-0.2, -0.15) is 4.37 Å². The molecular formula is C24H21Cl2N3O5S. The van der Waals surface area contributed by atoms with Crippen LogP contribution < -0.4 is 19.7 Å². The molecule has 0 radical (unpaired) electrons. The zero-order valence-corrected chi connectivity index (χ0v) is 20.7. The number of rotatable bonds is 6. The fraction of sp³-hybridized carbons (Fsp3) is 0.292. The standard InChI is InChI=1S/C24H21Cl2N3O5S/c25-19-20(28-35-22(19)26)24(32)29(15-7-10-17-18(11-15)34-12-33-17)21(13-5-8-16(30)9-6-13)23(31)27-14-3-1-2-4-14/h5-11,14,21,30H,1-4,12H2,(H,27,31). The van der Waals surface area contributed by atoms with E-state index in [0.717, 1.165) is 37.2 Å². The van der Waals surface area contributed by atoms with Gasteiger partial charge in [-0.1, -0.05) is 48.2 Å². The number of phenols is 1. The van der Waals surface area contributed by atoms with Gasteiger partial charge in [0, 0.05) is 17.8 Å². The lowest BCUT2D eigenvalue weighted by molar-refractivity contribution is -0.123. The van der Waals surface area contributed by atoms with E-state index in [2.05, 4.69) is 9.69 Å². The number of fused-ring (bicyclic) bond motifs is 1. The summed E-state index contributed by atoms with van der Waals surface area (Å²) in [5, 5.41) is 13.0. The Balaban J connectivity index is 1.63. The fourth-order valence-corrected chi connectivity index (χ4v) is 5.34. The van der Waals surface area contributed by atoms with Gasteiger partial charge in [-0.15, -0.1) is 0 Å². The van der Waals surface area contributed by atoms with Crippen molar-refractivity contribution >= 4 is 52.2 Å². The molecule has 2 amide bonds. The van der Waals surface area contributed by atoms with Crippen molar-refractivity contribution in [3.8, 4) is 17.2 Å². The summed E-state index contributed by atoms with van der Waals surface area (Å²) in [6.07, 6.45) is 3.82. The van der Waals surface area contributed by atoms with E-state index in [1.54, 1.807) is 30.3 Å². The Morgan fingerprint density at radius 2 is 1.80 bits per heavy atom. The third-order valence-electron chi connectivity index (χ3n) is 6.07. The Morgan fingerprint density at radius 3 is 2.49 bits per heavy atom. The second kappa shape index (κ2) is 9.93. The number of anilines is 1. The molecule has 1 fully saturated rings. The van der Waals surface area contributed by atoms with Gasteiger partial charge in [0.05, 0.1) is 0 Å². The third kappa shape index (κ3) is 4.76. The first-order valence-electron chi connectivity index (χ1n) is 11.1. The SMILES string of the molecule is O=C(NC1CCCC1)C(c1ccc(O)cc1)N(C(=O)c1nsc(Cl)c1Cl)c1ccc2c(c1)OCO2. The summed E-state index contributed by atoms with van der Waals surface area (Å²) >= 11 is 13.3. The van der Waals surface area contributed by atoms with Crippen LogP contribution in [-0.2, 0) is 4.79 Å². The van der Waals surface area contributed by atoms with Crippen LogP contribution in [0.1, 0.15) is 47.8 Å². The highest BCUT2D eigenvalue weighted by Gasteiger charge is 2.37. The molecule has 2 heterocycles. The summed E-state index contributed by atoms with van der Waals surface area (Å²) < 4.78 is 15.3. The van der Waals surface area contributed by atoms with Gasteiger partial charge in [0.15, 0.2) is 17.2 Å². The lowest BCUT2D eigenvalue weighted by Crippen LogP contribution is -2.46. The molecule has 2 N–H and O–H groups in total. The lowest BCUT2D eigenvalue weighted by atomic mass is 10.0. The number of hydrogen-bond acceptors (Lipinski definition) is 7. The van der Waals surface area contributed by atoms with Crippen LogP contribution >= 0.6 is 34.7 Å². The molecule has 1 aliphatic carbocycles. The number of nitrogens with zero attached hydrogens (tertiary/aromatic N) is 2. The van der Waals surface area contributed by atoms with E-state index in [9.17, 15) is 14.7 Å². The van der Waals surface area contributed by atoms with Crippen LogP contribution in [0.25, 0.3) is 0 Å². The lowest BCUT2D eigenvalue weighted by Gasteiger charge is -2.32. The molecule has 0 spiro atoms. The highest BCUT2D eigenvalue weighted by Crippen LogP contribution is 2.40. The Bertz CT molecular complexity index is 1260. The maximum atomic E-state index is 13.9. The number of halogens is 2. The Hall–Kier alpha value is -3.01. The summed E-state index contributed by atoms with van der Waals surface area (Å²) in [5.74, 6) is 0.0672. The highest BCUT2D eigenvalue weighted by molar-refractivity contribution is 7.11. The van der Waals surface area contributed by atoms with Gasteiger partial charge in [-0.05, 0) is 54.2 Å². The summed E-state index contributed by atoms with van der Waals surface area (Å²) in [6, 6.07) is 10.1. The van der Waals surface area contributed by atoms with Crippen LogP contribution in [0.2, 0.25) is 9.36 Å². The molecule has 2 aromatic carbocycles. The van der Waals surface area contributed by atoms with Crippen LogP contribution in [0.3, 0.4) is 0 Å². The first-order valence-corrected chi connectivity index (χ1v) is 12.6. The van der Waals surface area contributed by atoms with Crippen molar-refractivity contribution in [2.75, 3.05) is 11.7 Å². The highest BCUT2D eigenvalue weighted by atomic mass is 35.5. The van der Waals surface area contributed by atoms with E-state index in [-0.39, 0.29) is 39.5 Å². The predicted molar refractivity (Wildman–Crippen MR) is 133 cm³/mol. The first-order chi connectivity index (χ1) is 16.9. The van der Waals surface area contributed by atoms with Crippen molar-refractivity contribution in [3.63, 3.8) is 0 Å². The Kier molecular flexibility index (Phi) is 6.73. The average molecular weight is 534 g/mol. The summed E-state index contributed by atoms with van der Waals surface area (Å²) in [4.78, 5) is 29.0. The molecule has 1 unspecified atom stereocenters. The molecule has 1 atom stereocenters. The fourth-order valence-electron chi connectivity index (χ4n) is 4.35. The van der Waals surface area contributed by atoms with E-state index in [1.807, 2.05) is 0 Å². The number of ether oxygens (including phenoxy) is 2. The van der Waals surface area contributed by atoms with Crippen molar-refractivity contribution in [1.82, 2.24) is 9.69 Å². The summed E-state index contributed by atoms with van der Waals surface area (Å²) in [7, 11) is 0. The van der Waals surface area contributed by atoms with E-state index < -0.39 is 11.9 Å². The Labute approximate surface area is 215 Å². The molecule has 1 aromatic heterocycles. The largest absolute Gasteiger partial charge is 0.508 e. The van der Waals surface area contributed by atoms with Crippen LogP contribution in [0.15, 0.2) is 42.5 Å². The number of aromatic hydroxyl groups is 1. The first kappa shape index (κ1) is 23.7. The van der Waals surface area contributed by atoms with Gasteiger partial charge >= 0.3 is 0 Å². The van der Waals surface area contributed by atoms with Crippen molar-refractivity contribution in [2.24, 2.45) is 0 Å². The monoisotopic (exact) mass is 533 g/mol. The van der Waals surface area contributed by atoms with E-state index in [4.69, 9.17) is 32.7 Å². The minimum Gasteiger partial charge on any atom is -0.508 e. The summed E-state index contributed by atoms with van der Waals surface area (Å²) in [5.41, 5.74) is 0.831. The molecule has 35 heavy (non-hydrogen) atoms. The normalized spacial score (nSPS) is 15.7. The maximum Gasteiger partial charge on any atom is 0.280 e. The van der Waals surface area contributed by atoms with Crippen molar-refractivity contribution in [2.45, 2.75) is 37.8 Å². The maximum absolute atomic E-state index is 13.9. The number of amides is 2. The smallest absolute Gasteiger partial charge is 0.280 e. The number of hydrogen-bond donors (Lipinski definition) is 2. The van der Waals surface area contributed by atoms with Gasteiger partial charge < -0.3 is 19.9 Å². The van der Waals surface area contributed by atoms with Crippen molar-refractivity contribution < 1.29 is 24.2 Å². The van der Waals surface area contributed by atoms with Crippen molar-refractivity contribution in [3.05, 3.63) is 63.1 Å². The van der Waals surface area contributed by atoms with Crippen LogP contribution in [0.5, 0.6) is 17.2 Å². The molecule has 0 saturated heterocycles. The van der Waals surface area contributed by atoms with E-state index in [1.165, 1.54) is 17.0 Å². The molecule has 11 heteroatoms. The van der Waals surface area contributed by atoms with Gasteiger partial charge in [-0.3, -0.25) is 14.5 Å². The number of carbonyl (C=O) groups excluding carboxylic acids is 2. The second-order valence-corrected chi connectivity index (χ2v) is 10.1. The van der Waals surface area contributed by atoms with Crippen LogP contribution in [0.4, 0.5) is 5.69 Å². The number of benzene rings is 2. The quantitative estimate of drug-likeness (QED) is 0.444. The number of phenolic OH excluding ortho intramolecular Hbond substituents is 1. The number of nitrogens with one attached hydrogen (secondary N) is 1. The molecule has 1 aliphatic heterocycles. The summed E-state index contributed by atoms with van der Waals surface area (Å²) in [6.45, 7) is 0.0593. The molecule has 1 saturated carbocycles. The topological polar surface area (TPSA) is 101 Å². The molecule has 3 aromatic rings. The average Bonchev–Trinajstić information content (AvgIpc) is 3.60. The minimum atomic E-state index is -1.08. The molecule has 2 aliphatic rings. The van der Waals surface area contributed by atoms with Gasteiger partial charge in [0.1, 0.15) is 21.2 Å². The molecular weight excluding hydrogens is 513 g/mol. The van der Waals surface area contributed by atoms with Gasteiger partial charge in [0.25, 0.3) is 5.91 Å². The Morgan fingerprint density at radius 1 is 1.09 bits per heavy atom.